The second-order valence-electron chi connectivity index (χ2n) is 2.89. The van der Waals surface area contributed by atoms with Crippen LogP contribution in [0.5, 0.6) is 0 Å². The van der Waals surface area contributed by atoms with E-state index in [0.29, 0.717) is 10.0 Å². The van der Waals surface area contributed by atoms with Crippen molar-refractivity contribution in [2.75, 3.05) is 0 Å². The molecular formula is C10H7Cl2NO. The molecule has 1 amide bonds. The van der Waals surface area contributed by atoms with Gasteiger partial charge in [-0.1, -0.05) is 23.2 Å². The molecule has 0 aliphatic rings. The summed E-state index contributed by atoms with van der Waals surface area (Å²) in [6.45, 7) is 10.2. The van der Waals surface area contributed by atoms with E-state index in [4.69, 9.17) is 29.8 Å². The molecule has 0 aliphatic heterocycles. The highest BCUT2D eigenvalue weighted by Crippen LogP contribution is 2.30. The number of hydrogen-bond donors (Lipinski definition) is 0. The molecule has 0 radical (unpaired) electrons. The lowest BCUT2D eigenvalue weighted by Gasteiger charge is -2.08. The van der Waals surface area contributed by atoms with Gasteiger partial charge in [0.15, 0.2) is 0 Å². The Morgan fingerprint density at radius 1 is 1.36 bits per heavy atom. The molecule has 0 N–H and O–H groups in total. The summed E-state index contributed by atoms with van der Waals surface area (Å²) >= 11 is 11.8. The Morgan fingerprint density at radius 3 is 2.43 bits per heavy atom. The number of nitrogens with zero attached hydrogens (tertiary/aromatic N) is 1. The van der Waals surface area contributed by atoms with Crippen molar-refractivity contribution in [2.24, 2.45) is 0 Å². The smallest absolute Gasteiger partial charge is 0.310 e. The van der Waals surface area contributed by atoms with Gasteiger partial charge in [0, 0.05) is 15.6 Å². The monoisotopic (exact) mass is 227 g/mol. The average Bonchev–Trinajstić information content (AvgIpc) is 2.19. The number of carbonyl (C=O) groups is 1. The van der Waals surface area contributed by atoms with Crippen molar-refractivity contribution >= 4 is 29.1 Å². The number of halogens is 2. The third kappa shape index (κ3) is 1.75. The maximum absolute atomic E-state index is 11.2. The van der Waals surface area contributed by atoms with Crippen molar-refractivity contribution in [1.82, 2.24) is 0 Å². The minimum atomic E-state index is -0.681. The summed E-state index contributed by atoms with van der Waals surface area (Å²) in [5.41, 5.74) is 1.75. The fourth-order valence-electron chi connectivity index (χ4n) is 1.06. The first-order valence-electron chi connectivity index (χ1n) is 3.86. The van der Waals surface area contributed by atoms with Crippen molar-refractivity contribution in [3.8, 4) is 0 Å². The van der Waals surface area contributed by atoms with Crippen molar-refractivity contribution in [1.29, 1.82) is 0 Å². The predicted octanol–water partition coefficient (Wildman–Crippen LogP) is 3.67. The molecule has 1 rings (SSSR count). The Kier molecular flexibility index (Phi) is 3.15. The number of amides is 1. The second kappa shape index (κ2) is 4.00. The van der Waals surface area contributed by atoms with Gasteiger partial charge in [0.25, 0.3) is 0 Å². The van der Waals surface area contributed by atoms with Gasteiger partial charge < -0.3 is 4.79 Å². The molecule has 2 nitrogen and oxygen atoms in total. The quantitative estimate of drug-likeness (QED) is 0.672. The predicted molar refractivity (Wildman–Crippen MR) is 56.9 cm³/mol. The van der Waals surface area contributed by atoms with Gasteiger partial charge in [0.1, 0.15) is 0 Å². The highest BCUT2D eigenvalue weighted by Gasteiger charge is 2.15. The largest absolute Gasteiger partial charge is 0.387 e. The molecule has 0 atom stereocenters. The number of rotatable bonds is 1. The maximum atomic E-state index is 11.2. The summed E-state index contributed by atoms with van der Waals surface area (Å²) in [6, 6.07) is 1.44. The summed E-state index contributed by atoms with van der Waals surface area (Å²) in [6.07, 6.45) is 0. The van der Waals surface area contributed by atoms with Crippen LogP contribution in [0.3, 0.4) is 0 Å². The molecule has 0 aromatic heterocycles. The summed E-state index contributed by atoms with van der Waals surface area (Å²) in [5, 5.41) is 0.770. The van der Waals surface area contributed by atoms with E-state index >= 15 is 0 Å². The molecule has 4 heteroatoms. The molecule has 1 aromatic rings. The Hall–Kier alpha value is -1.04. The van der Waals surface area contributed by atoms with Crippen molar-refractivity contribution < 1.29 is 4.79 Å². The van der Waals surface area contributed by atoms with Crippen LogP contribution >= 0.6 is 23.2 Å². The highest BCUT2D eigenvalue weighted by molar-refractivity contribution is 6.37. The zero-order valence-corrected chi connectivity index (χ0v) is 9.20. The van der Waals surface area contributed by atoms with E-state index in [2.05, 4.69) is 4.85 Å². The first-order chi connectivity index (χ1) is 6.49. The van der Waals surface area contributed by atoms with Crippen LogP contribution in [-0.2, 0) is 0 Å². The fraction of sp³-hybridized carbons (Fsp3) is 0.200. The lowest BCUT2D eigenvalue weighted by molar-refractivity contribution is 0.104. The molecule has 72 valence electrons. The van der Waals surface area contributed by atoms with Gasteiger partial charge in [-0.3, -0.25) is 0 Å². The molecular weight excluding hydrogens is 221 g/mol. The van der Waals surface area contributed by atoms with Gasteiger partial charge in [-0.15, -0.1) is 0 Å². The van der Waals surface area contributed by atoms with Crippen molar-refractivity contribution in [3.05, 3.63) is 44.2 Å². The van der Waals surface area contributed by atoms with E-state index in [1.165, 1.54) is 6.07 Å². The lowest BCUT2D eigenvalue weighted by Crippen LogP contribution is -1.97. The highest BCUT2D eigenvalue weighted by atomic mass is 35.5. The molecule has 0 saturated heterocycles. The first-order valence-corrected chi connectivity index (χ1v) is 4.61. The van der Waals surface area contributed by atoms with Crippen LogP contribution in [0.15, 0.2) is 6.07 Å². The molecule has 1 aromatic carbocycles. The number of benzene rings is 1. The maximum Gasteiger partial charge on any atom is 0.387 e. The van der Waals surface area contributed by atoms with Crippen LogP contribution in [0.4, 0.5) is 0 Å². The minimum absolute atomic E-state index is 0.176. The first kappa shape index (κ1) is 11.0. The molecule has 0 saturated carbocycles. The minimum Gasteiger partial charge on any atom is -0.310 e. The average molecular weight is 228 g/mol. The number of carbonyl (C=O) groups excluding carboxylic acids is 1. The topological polar surface area (TPSA) is 21.4 Å². The Bertz CT molecular complexity index is 446. The number of hydrogen-bond acceptors (Lipinski definition) is 1. The molecule has 14 heavy (non-hydrogen) atoms. The Morgan fingerprint density at radius 2 is 1.93 bits per heavy atom. The molecule has 0 spiro atoms. The fourth-order valence-corrected chi connectivity index (χ4v) is 1.59. The molecule has 0 aliphatic carbocycles. The third-order valence-electron chi connectivity index (χ3n) is 2.09. The third-order valence-corrected chi connectivity index (χ3v) is 2.97. The van der Waals surface area contributed by atoms with Crippen LogP contribution in [-0.4, -0.2) is 5.91 Å². The van der Waals surface area contributed by atoms with E-state index in [1.807, 2.05) is 6.92 Å². The summed E-state index contributed by atoms with van der Waals surface area (Å²) < 4.78 is 0. The second-order valence-corrected chi connectivity index (χ2v) is 3.67. The zero-order valence-electron chi connectivity index (χ0n) is 7.69. The van der Waals surface area contributed by atoms with Crippen molar-refractivity contribution in [3.63, 3.8) is 0 Å². The van der Waals surface area contributed by atoms with E-state index < -0.39 is 5.91 Å². The normalized spacial score (nSPS) is 9.64. The van der Waals surface area contributed by atoms with Gasteiger partial charge >= 0.3 is 5.91 Å². The van der Waals surface area contributed by atoms with Crippen LogP contribution in [0, 0.1) is 20.4 Å². The van der Waals surface area contributed by atoms with Crippen LogP contribution in [0.2, 0.25) is 10.0 Å². The standard InChI is InChI=1S/C10H7Cl2NO/c1-5-6(2)9(12)7(4-8(5)11)10(14)13-3/h4H,1-2H3. The van der Waals surface area contributed by atoms with Crippen LogP contribution in [0.25, 0.3) is 4.85 Å². The van der Waals surface area contributed by atoms with Crippen LogP contribution in [0.1, 0.15) is 21.5 Å². The van der Waals surface area contributed by atoms with E-state index in [1.54, 1.807) is 6.92 Å². The van der Waals surface area contributed by atoms with Crippen molar-refractivity contribution in [2.45, 2.75) is 13.8 Å². The summed E-state index contributed by atoms with van der Waals surface area (Å²) in [7, 11) is 0. The van der Waals surface area contributed by atoms with Gasteiger partial charge in [-0.25, -0.2) is 0 Å². The molecule has 0 unspecified atom stereocenters. The van der Waals surface area contributed by atoms with Gasteiger partial charge in [-0.2, -0.15) is 4.85 Å². The van der Waals surface area contributed by atoms with Gasteiger partial charge in [0.05, 0.1) is 6.57 Å². The van der Waals surface area contributed by atoms with E-state index in [9.17, 15) is 4.79 Å². The zero-order chi connectivity index (χ0) is 10.9. The summed E-state index contributed by atoms with van der Waals surface area (Å²) in [5.74, 6) is -0.681. The SMILES string of the molecule is [C-]#[N+]C(=O)c1cc(Cl)c(C)c(C)c1Cl. The van der Waals surface area contributed by atoms with E-state index in [-0.39, 0.29) is 5.56 Å². The Labute approximate surface area is 92.3 Å². The van der Waals surface area contributed by atoms with Crippen LogP contribution < -0.4 is 0 Å². The molecule has 0 bridgehead atoms. The van der Waals surface area contributed by atoms with Gasteiger partial charge in [-0.05, 0) is 31.0 Å². The Balaban J connectivity index is 3.50. The lowest BCUT2D eigenvalue weighted by atomic mass is 10.1. The molecule has 0 heterocycles. The van der Waals surface area contributed by atoms with E-state index in [0.717, 1.165) is 11.1 Å². The summed E-state index contributed by atoms with van der Waals surface area (Å²) in [4.78, 5) is 14.0. The molecule has 0 fully saturated rings. The van der Waals surface area contributed by atoms with Gasteiger partial charge in [0.2, 0.25) is 0 Å².